The fraction of sp³-hybridized carbons (Fsp3) is 0.727. The van der Waals surface area contributed by atoms with E-state index in [0.717, 1.165) is 103 Å². The van der Waals surface area contributed by atoms with Crippen LogP contribution in [0.1, 0.15) is 239 Å². The Hall–Kier alpha value is -3.15. The summed E-state index contributed by atoms with van der Waals surface area (Å²) in [5.41, 5.74) is 0. The van der Waals surface area contributed by atoms with Crippen LogP contribution in [0.2, 0.25) is 0 Å². The minimum atomic E-state index is -0.795. The molecule has 0 aliphatic rings. The third-order valence-electron chi connectivity index (χ3n) is 10.7. The van der Waals surface area contributed by atoms with Gasteiger partial charge in [0.05, 0.1) is 0 Å². The molecule has 0 aromatic carbocycles. The number of allylic oxidation sites excluding steroid dienone is 12. The molecular weight excluding hydrogens is 757 g/mol. The quantitative estimate of drug-likeness (QED) is 0.0200. The van der Waals surface area contributed by atoms with Gasteiger partial charge in [0.25, 0.3) is 0 Å². The summed E-state index contributed by atoms with van der Waals surface area (Å²) >= 11 is 0. The van der Waals surface area contributed by atoms with Gasteiger partial charge < -0.3 is 14.2 Å². The van der Waals surface area contributed by atoms with E-state index in [0.29, 0.717) is 19.3 Å². The zero-order valence-electron chi connectivity index (χ0n) is 39.9. The summed E-state index contributed by atoms with van der Waals surface area (Å²) in [6, 6.07) is 0. The molecule has 0 N–H and O–H groups in total. The van der Waals surface area contributed by atoms with Crippen LogP contribution in [0.5, 0.6) is 0 Å². The van der Waals surface area contributed by atoms with Crippen molar-refractivity contribution in [2.24, 2.45) is 0 Å². The summed E-state index contributed by atoms with van der Waals surface area (Å²) in [5.74, 6) is -0.943. The van der Waals surface area contributed by atoms with Gasteiger partial charge in [0.1, 0.15) is 13.2 Å². The molecule has 0 aliphatic carbocycles. The van der Waals surface area contributed by atoms with Gasteiger partial charge in [-0.3, -0.25) is 14.4 Å². The van der Waals surface area contributed by atoms with Crippen LogP contribution >= 0.6 is 0 Å². The highest BCUT2D eigenvalue weighted by Gasteiger charge is 2.19. The van der Waals surface area contributed by atoms with E-state index in [1.165, 1.54) is 96.3 Å². The Bertz CT molecular complexity index is 1160. The minimum Gasteiger partial charge on any atom is -0.462 e. The molecule has 6 heteroatoms. The first-order valence-electron chi connectivity index (χ1n) is 25.5. The van der Waals surface area contributed by atoms with Crippen molar-refractivity contribution in [1.29, 1.82) is 0 Å². The highest BCUT2D eigenvalue weighted by atomic mass is 16.6. The SMILES string of the molecule is CCCC/C=C\CCCCCCCC(=O)OCC(COC(=O)CCCCCCC\C=C/C=C\C=C/C=C\CCCCC)OC(=O)CCCCC/C=C\CCCCCCCCC. The summed E-state index contributed by atoms with van der Waals surface area (Å²) in [4.78, 5) is 37.9. The predicted octanol–water partition coefficient (Wildman–Crippen LogP) is 16.6. The van der Waals surface area contributed by atoms with Crippen molar-refractivity contribution in [3.8, 4) is 0 Å². The number of rotatable bonds is 45. The zero-order chi connectivity index (χ0) is 44.4. The van der Waals surface area contributed by atoms with E-state index < -0.39 is 6.10 Å². The molecule has 0 saturated carbocycles. The van der Waals surface area contributed by atoms with E-state index in [9.17, 15) is 14.4 Å². The molecule has 0 amide bonds. The number of carbonyl (C=O) groups is 3. The molecule has 0 rings (SSSR count). The Kier molecular flexibility index (Phi) is 46.9. The van der Waals surface area contributed by atoms with Gasteiger partial charge in [-0.2, -0.15) is 0 Å². The van der Waals surface area contributed by atoms with Gasteiger partial charge in [-0.15, -0.1) is 0 Å². The highest BCUT2D eigenvalue weighted by molar-refractivity contribution is 5.71. The predicted molar refractivity (Wildman–Crippen MR) is 261 cm³/mol. The first kappa shape index (κ1) is 57.9. The van der Waals surface area contributed by atoms with Gasteiger partial charge in [-0.1, -0.05) is 203 Å². The minimum absolute atomic E-state index is 0.0940. The smallest absolute Gasteiger partial charge is 0.306 e. The van der Waals surface area contributed by atoms with Gasteiger partial charge in [0.2, 0.25) is 0 Å². The summed E-state index contributed by atoms with van der Waals surface area (Å²) in [6.07, 6.45) is 61.6. The first-order valence-corrected chi connectivity index (χ1v) is 25.5. The summed E-state index contributed by atoms with van der Waals surface area (Å²) in [7, 11) is 0. The molecule has 0 heterocycles. The molecular formula is C55H94O6. The Labute approximate surface area is 376 Å². The molecule has 0 spiro atoms. The molecule has 0 aromatic heterocycles. The van der Waals surface area contributed by atoms with Gasteiger partial charge in [0.15, 0.2) is 6.10 Å². The van der Waals surface area contributed by atoms with E-state index in [1.807, 2.05) is 0 Å². The second-order valence-electron chi connectivity index (χ2n) is 16.8. The molecule has 0 radical (unpaired) electrons. The normalized spacial score (nSPS) is 12.6. The molecule has 1 atom stereocenters. The summed E-state index contributed by atoms with van der Waals surface area (Å²) in [6.45, 7) is 6.51. The van der Waals surface area contributed by atoms with Crippen LogP contribution in [-0.2, 0) is 28.6 Å². The van der Waals surface area contributed by atoms with Gasteiger partial charge in [0, 0.05) is 19.3 Å². The molecule has 6 nitrogen and oxygen atoms in total. The lowest BCUT2D eigenvalue weighted by Crippen LogP contribution is -2.30. The van der Waals surface area contributed by atoms with E-state index in [-0.39, 0.29) is 31.1 Å². The van der Waals surface area contributed by atoms with Crippen molar-refractivity contribution >= 4 is 17.9 Å². The van der Waals surface area contributed by atoms with E-state index >= 15 is 0 Å². The zero-order valence-corrected chi connectivity index (χ0v) is 39.9. The lowest BCUT2D eigenvalue weighted by Gasteiger charge is -2.18. The topological polar surface area (TPSA) is 78.9 Å². The standard InChI is InChI=1S/C55H94O6/c1-4-7-10-13-16-19-22-24-26-27-28-29-31-33-36-39-42-45-48-54(57)60-51-52(50-59-53(56)47-44-41-38-35-32-21-18-15-12-9-6-3)61-55(58)49-46-43-40-37-34-30-25-23-20-17-14-11-8-5-2/h15-16,18-19,22,24,26-30,34,52H,4-14,17,20-21,23,25,31-33,35-51H2,1-3H3/b18-15-,19-16-,24-22-,27-26-,29-28-,34-30-. The molecule has 0 saturated heterocycles. The van der Waals surface area contributed by atoms with E-state index in [1.54, 1.807) is 0 Å². The molecule has 0 bridgehead atoms. The van der Waals surface area contributed by atoms with Crippen LogP contribution in [0.3, 0.4) is 0 Å². The lowest BCUT2D eigenvalue weighted by atomic mass is 10.1. The van der Waals surface area contributed by atoms with Gasteiger partial charge in [-0.05, 0) is 89.9 Å². The lowest BCUT2D eigenvalue weighted by molar-refractivity contribution is -0.167. The number of unbranched alkanes of at least 4 members (excludes halogenated alkanes) is 25. The third-order valence-corrected chi connectivity index (χ3v) is 10.7. The van der Waals surface area contributed by atoms with E-state index in [2.05, 4.69) is 93.7 Å². The molecule has 0 fully saturated rings. The van der Waals surface area contributed by atoms with Gasteiger partial charge in [-0.25, -0.2) is 0 Å². The van der Waals surface area contributed by atoms with Crippen molar-refractivity contribution < 1.29 is 28.6 Å². The van der Waals surface area contributed by atoms with E-state index in [4.69, 9.17) is 14.2 Å². The van der Waals surface area contributed by atoms with Crippen LogP contribution in [0.25, 0.3) is 0 Å². The molecule has 0 aliphatic heterocycles. The average molecular weight is 851 g/mol. The Balaban J connectivity index is 4.44. The maximum absolute atomic E-state index is 12.8. The van der Waals surface area contributed by atoms with Crippen molar-refractivity contribution in [3.05, 3.63) is 72.9 Å². The Morgan fingerprint density at radius 2 is 0.623 bits per heavy atom. The number of hydrogen-bond acceptors (Lipinski definition) is 6. The summed E-state index contributed by atoms with van der Waals surface area (Å²) in [5, 5.41) is 0. The number of ether oxygens (including phenoxy) is 3. The second kappa shape index (κ2) is 49.5. The van der Waals surface area contributed by atoms with Crippen LogP contribution in [-0.4, -0.2) is 37.2 Å². The Morgan fingerprint density at radius 1 is 0.328 bits per heavy atom. The summed E-state index contributed by atoms with van der Waals surface area (Å²) < 4.78 is 16.7. The maximum atomic E-state index is 12.8. The molecule has 1 unspecified atom stereocenters. The van der Waals surface area contributed by atoms with Gasteiger partial charge >= 0.3 is 17.9 Å². The molecule has 0 aromatic rings. The third kappa shape index (κ3) is 47.7. The Morgan fingerprint density at radius 3 is 1.07 bits per heavy atom. The van der Waals surface area contributed by atoms with Crippen molar-refractivity contribution in [3.63, 3.8) is 0 Å². The largest absolute Gasteiger partial charge is 0.462 e. The van der Waals surface area contributed by atoms with Crippen LogP contribution in [0.15, 0.2) is 72.9 Å². The fourth-order valence-electron chi connectivity index (χ4n) is 6.84. The molecule has 350 valence electrons. The number of esters is 3. The van der Waals surface area contributed by atoms with Crippen molar-refractivity contribution in [2.45, 2.75) is 245 Å². The van der Waals surface area contributed by atoms with Crippen molar-refractivity contribution in [1.82, 2.24) is 0 Å². The fourth-order valence-corrected chi connectivity index (χ4v) is 6.84. The maximum Gasteiger partial charge on any atom is 0.306 e. The van der Waals surface area contributed by atoms with Crippen molar-refractivity contribution in [2.75, 3.05) is 13.2 Å². The van der Waals surface area contributed by atoms with Crippen LogP contribution in [0, 0.1) is 0 Å². The van der Waals surface area contributed by atoms with Crippen LogP contribution in [0.4, 0.5) is 0 Å². The number of hydrogen-bond donors (Lipinski definition) is 0. The monoisotopic (exact) mass is 851 g/mol. The number of carbonyl (C=O) groups excluding carboxylic acids is 3. The average Bonchev–Trinajstić information content (AvgIpc) is 3.26. The van der Waals surface area contributed by atoms with Crippen LogP contribution < -0.4 is 0 Å². The highest BCUT2D eigenvalue weighted by Crippen LogP contribution is 2.13. The second-order valence-corrected chi connectivity index (χ2v) is 16.8. The first-order chi connectivity index (χ1) is 30.0. The molecule has 61 heavy (non-hydrogen) atoms.